The van der Waals surface area contributed by atoms with E-state index >= 15 is 0 Å². The number of hydrogen-bond donors (Lipinski definition) is 0. The lowest BCUT2D eigenvalue weighted by Crippen LogP contribution is -1.96. The van der Waals surface area contributed by atoms with Gasteiger partial charge in [0.05, 0.1) is 5.52 Å². The zero-order valence-electron chi connectivity index (χ0n) is 7.19. The molecule has 0 aliphatic carbocycles. The van der Waals surface area contributed by atoms with Crippen molar-refractivity contribution in [1.82, 2.24) is 9.97 Å². The van der Waals surface area contributed by atoms with Gasteiger partial charge in [-0.3, -0.25) is 9.78 Å². The van der Waals surface area contributed by atoms with Gasteiger partial charge in [0, 0.05) is 24.7 Å². The van der Waals surface area contributed by atoms with E-state index in [9.17, 15) is 4.79 Å². The van der Waals surface area contributed by atoms with Crippen LogP contribution in [0.25, 0.3) is 10.9 Å². The van der Waals surface area contributed by atoms with Gasteiger partial charge >= 0.3 is 0 Å². The SMILES string of the molecule is CC(=O)c1ccc2cnccc2n1. The van der Waals surface area contributed by atoms with Crippen molar-refractivity contribution < 1.29 is 4.79 Å². The summed E-state index contributed by atoms with van der Waals surface area (Å²) in [4.78, 5) is 19.2. The van der Waals surface area contributed by atoms with Gasteiger partial charge in [-0.15, -0.1) is 0 Å². The molecule has 0 aromatic carbocycles. The molecule has 0 aliphatic heterocycles. The lowest BCUT2D eigenvalue weighted by Gasteiger charge is -1.97. The Morgan fingerprint density at radius 2 is 2.15 bits per heavy atom. The lowest BCUT2D eigenvalue weighted by atomic mass is 10.2. The van der Waals surface area contributed by atoms with Crippen LogP contribution in [-0.2, 0) is 0 Å². The van der Waals surface area contributed by atoms with Crippen molar-refractivity contribution in [2.75, 3.05) is 0 Å². The lowest BCUT2D eigenvalue weighted by molar-refractivity contribution is 0.101. The minimum absolute atomic E-state index is 0.0151. The molecule has 2 heterocycles. The third-order valence-corrected chi connectivity index (χ3v) is 1.85. The summed E-state index contributed by atoms with van der Waals surface area (Å²) in [6.07, 6.45) is 3.39. The zero-order chi connectivity index (χ0) is 9.26. The summed E-state index contributed by atoms with van der Waals surface area (Å²) in [5.74, 6) is -0.0151. The first-order chi connectivity index (χ1) is 6.27. The second kappa shape index (κ2) is 2.94. The summed E-state index contributed by atoms with van der Waals surface area (Å²) in [5, 5.41) is 0.951. The van der Waals surface area contributed by atoms with Crippen molar-refractivity contribution in [1.29, 1.82) is 0 Å². The summed E-state index contributed by atoms with van der Waals surface area (Å²) in [7, 11) is 0. The van der Waals surface area contributed by atoms with Crippen LogP contribution in [0.5, 0.6) is 0 Å². The van der Waals surface area contributed by atoms with Gasteiger partial charge < -0.3 is 0 Å². The van der Waals surface area contributed by atoms with E-state index < -0.39 is 0 Å². The van der Waals surface area contributed by atoms with E-state index in [4.69, 9.17) is 0 Å². The molecule has 0 fully saturated rings. The van der Waals surface area contributed by atoms with E-state index in [0.717, 1.165) is 10.9 Å². The first-order valence-electron chi connectivity index (χ1n) is 3.99. The highest BCUT2D eigenvalue weighted by atomic mass is 16.1. The quantitative estimate of drug-likeness (QED) is 0.616. The Balaban J connectivity index is 2.69. The van der Waals surface area contributed by atoms with Gasteiger partial charge in [-0.1, -0.05) is 0 Å². The summed E-state index contributed by atoms with van der Waals surface area (Å²) >= 11 is 0. The Bertz CT molecular complexity index is 465. The van der Waals surface area contributed by atoms with Gasteiger partial charge in [-0.05, 0) is 18.2 Å². The molecule has 3 heteroatoms. The number of ketones is 1. The first-order valence-corrected chi connectivity index (χ1v) is 3.99. The summed E-state index contributed by atoms with van der Waals surface area (Å²) in [5.41, 5.74) is 1.31. The second-order valence-corrected chi connectivity index (χ2v) is 2.82. The van der Waals surface area contributed by atoms with E-state index in [1.807, 2.05) is 6.07 Å². The van der Waals surface area contributed by atoms with Crippen molar-refractivity contribution in [2.45, 2.75) is 6.92 Å². The Hall–Kier alpha value is -1.77. The zero-order valence-corrected chi connectivity index (χ0v) is 7.19. The van der Waals surface area contributed by atoms with Crippen molar-refractivity contribution in [2.24, 2.45) is 0 Å². The Morgan fingerprint density at radius 1 is 1.31 bits per heavy atom. The van der Waals surface area contributed by atoms with Crippen LogP contribution < -0.4 is 0 Å². The molecule has 0 amide bonds. The molecular formula is C10H8N2O. The third kappa shape index (κ3) is 1.40. The van der Waals surface area contributed by atoms with Gasteiger partial charge in [0.1, 0.15) is 5.69 Å². The highest BCUT2D eigenvalue weighted by molar-refractivity contribution is 5.94. The number of Topliss-reactive ketones (excluding diaryl/α,β-unsaturated/α-hetero) is 1. The molecule has 2 aromatic heterocycles. The summed E-state index contributed by atoms with van der Waals surface area (Å²) in [6.45, 7) is 1.51. The molecule has 0 saturated heterocycles. The van der Waals surface area contributed by atoms with Crippen LogP contribution in [0, 0.1) is 0 Å². The van der Waals surface area contributed by atoms with Gasteiger partial charge in [0.2, 0.25) is 0 Å². The molecule has 0 aliphatic rings. The van der Waals surface area contributed by atoms with Gasteiger partial charge in [-0.25, -0.2) is 4.98 Å². The van der Waals surface area contributed by atoms with Crippen molar-refractivity contribution in [3.8, 4) is 0 Å². The Labute approximate surface area is 75.4 Å². The summed E-state index contributed by atoms with van der Waals surface area (Å²) < 4.78 is 0. The molecule has 3 nitrogen and oxygen atoms in total. The Morgan fingerprint density at radius 3 is 2.92 bits per heavy atom. The van der Waals surface area contributed by atoms with Crippen LogP contribution in [0.4, 0.5) is 0 Å². The van der Waals surface area contributed by atoms with Crippen LogP contribution in [0.1, 0.15) is 17.4 Å². The average Bonchev–Trinajstić information content (AvgIpc) is 2.17. The van der Waals surface area contributed by atoms with Crippen LogP contribution in [0.3, 0.4) is 0 Å². The van der Waals surface area contributed by atoms with Crippen LogP contribution >= 0.6 is 0 Å². The van der Waals surface area contributed by atoms with Crippen LogP contribution in [0.15, 0.2) is 30.6 Å². The molecule has 0 spiro atoms. The number of nitrogens with zero attached hydrogens (tertiary/aromatic N) is 2. The van der Waals surface area contributed by atoms with Gasteiger partial charge in [0.15, 0.2) is 5.78 Å². The molecule has 0 unspecified atom stereocenters. The first kappa shape index (κ1) is 7.86. The fourth-order valence-electron chi connectivity index (χ4n) is 1.16. The average molecular weight is 172 g/mol. The summed E-state index contributed by atoms with van der Waals surface area (Å²) in [6, 6.07) is 5.36. The Kier molecular flexibility index (Phi) is 1.77. The predicted octanol–water partition coefficient (Wildman–Crippen LogP) is 1.83. The molecule has 13 heavy (non-hydrogen) atoms. The standard InChI is InChI=1S/C10H8N2O/c1-7(13)9-3-2-8-6-11-5-4-10(8)12-9/h2-6H,1H3. The molecule has 0 radical (unpaired) electrons. The fourth-order valence-corrected chi connectivity index (χ4v) is 1.16. The fraction of sp³-hybridized carbons (Fsp3) is 0.100. The molecule has 0 N–H and O–H groups in total. The smallest absolute Gasteiger partial charge is 0.178 e. The highest BCUT2D eigenvalue weighted by Crippen LogP contribution is 2.10. The molecular weight excluding hydrogens is 164 g/mol. The number of carbonyl (C=O) groups excluding carboxylic acids is 1. The number of pyridine rings is 2. The highest BCUT2D eigenvalue weighted by Gasteiger charge is 2.01. The molecule has 0 saturated carbocycles. The van der Waals surface area contributed by atoms with Gasteiger partial charge in [-0.2, -0.15) is 0 Å². The van der Waals surface area contributed by atoms with Gasteiger partial charge in [0.25, 0.3) is 0 Å². The molecule has 64 valence electrons. The van der Waals surface area contributed by atoms with E-state index in [0.29, 0.717) is 5.69 Å². The number of carbonyl (C=O) groups is 1. The van der Waals surface area contributed by atoms with Crippen molar-refractivity contribution in [3.05, 3.63) is 36.3 Å². The van der Waals surface area contributed by atoms with E-state index in [-0.39, 0.29) is 5.78 Å². The number of hydrogen-bond acceptors (Lipinski definition) is 3. The van der Waals surface area contributed by atoms with E-state index in [2.05, 4.69) is 9.97 Å². The van der Waals surface area contributed by atoms with Crippen LogP contribution in [0.2, 0.25) is 0 Å². The number of rotatable bonds is 1. The number of aromatic nitrogens is 2. The van der Waals surface area contributed by atoms with Crippen molar-refractivity contribution in [3.63, 3.8) is 0 Å². The minimum Gasteiger partial charge on any atom is -0.293 e. The molecule has 2 aromatic rings. The maximum atomic E-state index is 11.0. The maximum absolute atomic E-state index is 11.0. The monoisotopic (exact) mass is 172 g/mol. The molecule has 0 bridgehead atoms. The van der Waals surface area contributed by atoms with Crippen molar-refractivity contribution >= 4 is 16.7 Å². The normalized spacial score (nSPS) is 10.2. The molecule has 2 rings (SSSR count). The van der Waals surface area contributed by atoms with Crippen LogP contribution in [-0.4, -0.2) is 15.8 Å². The largest absolute Gasteiger partial charge is 0.293 e. The van der Waals surface area contributed by atoms with E-state index in [1.165, 1.54) is 6.92 Å². The van der Waals surface area contributed by atoms with E-state index in [1.54, 1.807) is 24.5 Å². The maximum Gasteiger partial charge on any atom is 0.178 e. The minimum atomic E-state index is -0.0151. The predicted molar refractivity (Wildman–Crippen MR) is 49.5 cm³/mol. The topological polar surface area (TPSA) is 42.9 Å². The third-order valence-electron chi connectivity index (χ3n) is 1.85. The molecule has 0 atom stereocenters. The second-order valence-electron chi connectivity index (χ2n) is 2.82. The number of fused-ring (bicyclic) bond motifs is 1.